The first kappa shape index (κ1) is 24.4. The monoisotopic (exact) mass is 435 g/mol. The lowest BCUT2D eigenvalue weighted by atomic mass is 10.0. The van der Waals surface area contributed by atoms with Gasteiger partial charge in [-0.1, -0.05) is 56.5 Å². The Morgan fingerprint density at radius 3 is 2.33 bits per heavy atom. The molecule has 2 aromatic carbocycles. The van der Waals surface area contributed by atoms with Crippen molar-refractivity contribution in [1.82, 2.24) is 5.32 Å². The summed E-state index contributed by atoms with van der Waals surface area (Å²) in [5.41, 5.74) is 3.27. The summed E-state index contributed by atoms with van der Waals surface area (Å²) in [6.07, 6.45) is 5.05. The van der Waals surface area contributed by atoms with Crippen LogP contribution < -0.4 is 14.8 Å². The van der Waals surface area contributed by atoms with Gasteiger partial charge in [-0.2, -0.15) is 0 Å². The average Bonchev–Trinajstić information content (AvgIpc) is 2.73. The molecule has 7 heteroatoms. The fraction of sp³-hybridized carbons (Fsp3) is 0.478. The van der Waals surface area contributed by atoms with Crippen LogP contribution in [0.2, 0.25) is 0 Å². The van der Waals surface area contributed by atoms with Crippen LogP contribution in [0.1, 0.15) is 44.6 Å². The molecule has 6 nitrogen and oxygen atoms in total. The van der Waals surface area contributed by atoms with Gasteiger partial charge in [0.25, 0.3) is 0 Å². The highest BCUT2D eigenvalue weighted by Gasteiger charge is 2.11. The second-order valence-corrected chi connectivity index (χ2v) is 9.17. The highest BCUT2D eigenvalue weighted by Crippen LogP contribution is 2.34. The molecule has 0 amide bonds. The maximum atomic E-state index is 10.8. The average molecular weight is 436 g/mol. The molecular formula is C23H34NO5P. The van der Waals surface area contributed by atoms with Crippen LogP contribution in [0.25, 0.3) is 11.1 Å². The number of benzene rings is 2. The van der Waals surface area contributed by atoms with Gasteiger partial charge in [0.2, 0.25) is 0 Å². The minimum Gasteiger partial charge on any atom is -0.493 e. The fourth-order valence-corrected chi connectivity index (χ4v) is 3.71. The minimum atomic E-state index is -3.90. The predicted octanol–water partition coefficient (Wildman–Crippen LogP) is 4.98. The van der Waals surface area contributed by atoms with Crippen molar-refractivity contribution in [2.45, 2.75) is 45.6 Å². The minimum absolute atomic E-state index is 0.0841. The van der Waals surface area contributed by atoms with Crippen molar-refractivity contribution in [2.24, 2.45) is 0 Å². The molecule has 0 aromatic heterocycles. The third kappa shape index (κ3) is 8.88. The number of unbranched alkanes of at least 4 members (excludes halogenated alkanes) is 3. The van der Waals surface area contributed by atoms with Crippen LogP contribution in [0, 0.1) is 0 Å². The van der Waals surface area contributed by atoms with Gasteiger partial charge in [-0.15, -0.1) is 0 Å². The molecule has 30 heavy (non-hydrogen) atoms. The first-order chi connectivity index (χ1) is 14.4. The van der Waals surface area contributed by atoms with Crippen molar-refractivity contribution in [1.29, 1.82) is 0 Å². The van der Waals surface area contributed by atoms with E-state index in [-0.39, 0.29) is 6.16 Å². The quantitative estimate of drug-likeness (QED) is 0.287. The summed E-state index contributed by atoms with van der Waals surface area (Å²) in [7, 11) is -2.24. The molecule has 0 fully saturated rings. The SMILES string of the molecule is CCCCCCOc1ccc(-c2ccc(CNCCCP(=O)(O)O)cc2)cc1OC. The summed E-state index contributed by atoms with van der Waals surface area (Å²) in [5.74, 6) is 1.51. The van der Waals surface area contributed by atoms with Crippen LogP contribution in [0.4, 0.5) is 0 Å². The molecule has 0 bridgehead atoms. The molecule has 0 unspecified atom stereocenters. The van der Waals surface area contributed by atoms with E-state index in [0.717, 1.165) is 34.6 Å². The third-order valence-electron chi connectivity index (χ3n) is 4.84. The van der Waals surface area contributed by atoms with Gasteiger partial charge in [-0.25, -0.2) is 0 Å². The van der Waals surface area contributed by atoms with E-state index < -0.39 is 7.60 Å². The lowest BCUT2D eigenvalue weighted by Crippen LogP contribution is -2.15. The van der Waals surface area contributed by atoms with Gasteiger partial charge in [0.15, 0.2) is 11.5 Å². The molecule has 0 aliphatic rings. The number of ether oxygens (including phenoxy) is 2. The summed E-state index contributed by atoms with van der Waals surface area (Å²) >= 11 is 0. The predicted molar refractivity (Wildman–Crippen MR) is 121 cm³/mol. The van der Waals surface area contributed by atoms with Gasteiger partial charge >= 0.3 is 7.60 Å². The highest BCUT2D eigenvalue weighted by atomic mass is 31.2. The van der Waals surface area contributed by atoms with E-state index >= 15 is 0 Å². The van der Waals surface area contributed by atoms with Gasteiger partial charge in [0.05, 0.1) is 19.9 Å². The Kier molecular flexibility index (Phi) is 10.4. The van der Waals surface area contributed by atoms with E-state index in [1.165, 1.54) is 19.3 Å². The van der Waals surface area contributed by atoms with Gasteiger partial charge in [0, 0.05) is 6.54 Å². The maximum absolute atomic E-state index is 10.8. The van der Waals surface area contributed by atoms with E-state index in [1.54, 1.807) is 7.11 Å². The molecule has 2 rings (SSSR count). The zero-order valence-corrected chi connectivity index (χ0v) is 18.9. The lowest BCUT2D eigenvalue weighted by Gasteiger charge is -2.13. The van der Waals surface area contributed by atoms with Gasteiger partial charge in [-0.05, 0) is 48.2 Å². The second-order valence-electron chi connectivity index (χ2n) is 7.39. The Bertz CT molecular complexity index is 804. The zero-order chi connectivity index (χ0) is 21.8. The molecule has 0 heterocycles. The fourth-order valence-electron chi connectivity index (χ4n) is 3.14. The largest absolute Gasteiger partial charge is 0.493 e. The van der Waals surface area contributed by atoms with Crippen molar-refractivity contribution < 1.29 is 23.8 Å². The Balaban J connectivity index is 1.88. The first-order valence-corrected chi connectivity index (χ1v) is 12.4. The van der Waals surface area contributed by atoms with Crippen molar-refractivity contribution >= 4 is 7.60 Å². The van der Waals surface area contributed by atoms with Crippen molar-refractivity contribution in [3.8, 4) is 22.6 Å². The van der Waals surface area contributed by atoms with Crippen LogP contribution in [-0.4, -0.2) is 36.2 Å². The molecule has 0 aliphatic carbocycles. The lowest BCUT2D eigenvalue weighted by molar-refractivity contribution is 0.285. The highest BCUT2D eigenvalue weighted by molar-refractivity contribution is 7.51. The standard InChI is InChI=1S/C23H34NO5P/c1-3-4-5-6-15-29-22-13-12-21(17-23(22)28-2)20-10-8-19(9-11-20)18-24-14-7-16-30(25,26)27/h8-13,17,24H,3-7,14-16,18H2,1-2H3,(H2,25,26,27). The van der Waals surface area contributed by atoms with Crippen molar-refractivity contribution in [2.75, 3.05) is 26.4 Å². The second kappa shape index (κ2) is 12.8. The number of hydrogen-bond acceptors (Lipinski definition) is 4. The van der Waals surface area contributed by atoms with Crippen LogP contribution in [0.15, 0.2) is 42.5 Å². The number of nitrogens with one attached hydrogen (secondary N) is 1. The van der Waals surface area contributed by atoms with E-state index in [9.17, 15) is 4.57 Å². The Labute approximate surface area is 179 Å². The molecule has 0 spiro atoms. The summed E-state index contributed by atoms with van der Waals surface area (Å²) in [6.45, 7) is 4.13. The zero-order valence-electron chi connectivity index (χ0n) is 18.0. The topological polar surface area (TPSA) is 88.0 Å². The molecule has 0 saturated heterocycles. The van der Waals surface area contributed by atoms with Crippen LogP contribution in [0.3, 0.4) is 0 Å². The van der Waals surface area contributed by atoms with Gasteiger partial charge in [0.1, 0.15) is 0 Å². The van der Waals surface area contributed by atoms with Crippen LogP contribution in [0.5, 0.6) is 11.5 Å². The molecule has 0 saturated carbocycles. The first-order valence-electron chi connectivity index (χ1n) is 10.6. The number of hydrogen-bond donors (Lipinski definition) is 3. The van der Waals surface area contributed by atoms with Crippen LogP contribution >= 0.6 is 7.60 Å². The Hall–Kier alpha value is -1.85. The summed E-state index contributed by atoms with van der Waals surface area (Å²) in [4.78, 5) is 17.7. The van der Waals surface area contributed by atoms with E-state index in [1.807, 2.05) is 18.2 Å². The van der Waals surface area contributed by atoms with E-state index in [0.29, 0.717) is 26.1 Å². The van der Waals surface area contributed by atoms with Gasteiger partial charge in [-0.3, -0.25) is 4.57 Å². The third-order valence-corrected chi connectivity index (χ3v) is 5.74. The molecule has 3 N–H and O–H groups in total. The number of rotatable bonds is 14. The van der Waals surface area contributed by atoms with Crippen LogP contribution in [-0.2, 0) is 11.1 Å². The molecule has 2 aromatic rings. The maximum Gasteiger partial charge on any atom is 0.325 e. The van der Waals surface area contributed by atoms with E-state index in [2.05, 4.69) is 36.5 Å². The summed E-state index contributed by atoms with van der Waals surface area (Å²) in [5, 5.41) is 3.21. The molecule has 0 aliphatic heterocycles. The summed E-state index contributed by atoms with van der Waals surface area (Å²) < 4.78 is 22.2. The molecule has 0 radical (unpaired) electrons. The molecule has 166 valence electrons. The Morgan fingerprint density at radius 1 is 0.933 bits per heavy atom. The summed E-state index contributed by atoms with van der Waals surface area (Å²) in [6, 6.07) is 14.2. The van der Waals surface area contributed by atoms with Crippen molar-refractivity contribution in [3.63, 3.8) is 0 Å². The molecule has 0 atom stereocenters. The van der Waals surface area contributed by atoms with Gasteiger partial charge < -0.3 is 24.6 Å². The smallest absolute Gasteiger partial charge is 0.325 e. The van der Waals surface area contributed by atoms with E-state index in [4.69, 9.17) is 19.3 Å². The number of methoxy groups -OCH3 is 1. The Morgan fingerprint density at radius 2 is 1.67 bits per heavy atom. The normalized spacial score (nSPS) is 11.5. The molecular weight excluding hydrogens is 401 g/mol. The van der Waals surface area contributed by atoms with Crippen molar-refractivity contribution in [3.05, 3.63) is 48.0 Å².